The highest BCUT2D eigenvalue weighted by molar-refractivity contribution is 7.89. The van der Waals surface area contributed by atoms with Crippen molar-refractivity contribution in [2.24, 2.45) is 0 Å². The molecule has 0 amide bonds. The Balaban J connectivity index is 2.09. The molecule has 1 N–H and O–H groups in total. The number of likely N-dealkylation sites (N-methyl/N-ethyl adjacent to an activating group) is 1. The Labute approximate surface area is 134 Å². The van der Waals surface area contributed by atoms with Gasteiger partial charge in [0.2, 0.25) is 10.0 Å². The third kappa shape index (κ3) is 5.05. The molecule has 0 aliphatic carbocycles. The van der Waals surface area contributed by atoms with Gasteiger partial charge in [-0.15, -0.1) is 0 Å². The fourth-order valence-electron chi connectivity index (χ4n) is 2.81. The lowest BCUT2D eigenvalue weighted by Gasteiger charge is -2.38. The third-order valence-electron chi connectivity index (χ3n) is 4.13. The first-order valence-corrected chi connectivity index (χ1v) is 9.62. The van der Waals surface area contributed by atoms with E-state index in [0.29, 0.717) is 13.0 Å². The number of nitrogens with zero attached hydrogens (tertiary/aromatic N) is 2. The van der Waals surface area contributed by atoms with Crippen LogP contribution in [0.25, 0.3) is 0 Å². The maximum absolute atomic E-state index is 12.0. The summed E-state index contributed by atoms with van der Waals surface area (Å²) in [6.07, 6.45) is 0.639. The van der Waals surface area contributed by atoms with E-state index in [1.165, 1.54) is 5.56 Å². The highest BCUT2D eigenvalue weighted by Crippen LogP contribution is 2.21. The summed E-state index contributed by atoms with van der Waals surface area (Å²) in [6, 6.07) is 10.3. The Bertz CT molecular complexity index is 540. The van der Waals surface area contributed by atoms with Crippen LogP contribution in [0.2, 0.25) is 0 Å². The molecule has 22 heavy (non-hydrogen) atoms. The average molecular weight is 325 g/mol. The first-order valence-electron chi connectivity index (χ1n) is 7.96. The van der Waals surface area contributed by atoms with Gasteiger partial charge in [0, 0.05) is 38.8 Å². The predicted molar refractivity (Wildman–Crippen MR) is 90.3 cm³/mol. The van der Waals surface area contributed by atoms with Crippen molar-refractivity contribution in [3.8, 4) is 0 Å². The number of piperazine rings is 1. The molecule has 1 atom stereocenters. The van der Waals surface area contributed by atoms with Gasteiger partial charge in [0.1, 0.15) is 0 Å². The van der Waals surface area contributed by atoms with E-state index in [-0.39, 0.29) is 11.8 Å². The zero-order valence-electron chi connectivity index (χ0n) is 13.5. The SMILES string of the molecule is CCCS(=O)(=O)NCC(c1ccccc1)N1CCN(C)CC1. The van der Waals surface area contributed by atoms with Crippen LogP contribution in [0.5, 0.6) is 0 Å². The molecule has 0 aromatic heterocycles. The summed E-state index contributed by atoms with van der Waals surface area (Å²) in [6.45, 7) is 6.29. The molecule has 5 nitrogen and oxygen atoms in total. The van der Waals surface area contributed by atoms with Gasteiger partial charge in [-0.05, 0) is 19.0 Å². The quantitative estimate of drug-likeness (QED) is 0.821. The summed E-state index contributed by atoms with van der Waals surface area (Å²) in [7, 11) is -1.05. The lowest BCUT2D eigenvalue weighted by Crippen LogP contribution is -2.48. The fraction of sp³-hybridized carbons (Fsp3) is 0.625. The molecule has 1 aromatic rings. The second-order valence-electron chi connectivity index (χ2n) is 5.93. The monoisotopic (exact) mass is 325 g/mol. The molecule has 1 saturated heterocycles. The van der Waals surface area contributed by atoms with Crippen LogP contribution in [0.3, 0.4) is 0 Å². The summed E-state index contributed by atoms with van der Waals surface area (Å²) in [5, 5.41) is 0. The van der Waals surface area contributed by atoms with E-state index in [4.69, 9.17) is 0 Å². The van der Waals surface area contributed by atoms with Gasteiger partial charge >= 0.3 is 0 Å². The summed E-state index contributed by atoms with van der Waals surface area (Å²) < 4.78 is 26.7. The molecule has 1 fully saturated rings. The Morgan fingerprint density at radius 1 is 1.14 bits per heavy atom. The Morgan fingerprint density at radius 3 is 2.36 bits per heavy atom. The van der Waals surface area contributed by atoms with Crippen LogP contribution in [0.1, 0.15) is 24.9 Å². The largest absolute Gasteiger partial charge is 0.304 e. The Morgan fingerprint density at radius 2 is 1.77 bits per heavy atom. The Hall–Kier alpha value is -0.950. The number of hydrogen-bond donors (Lipinski definition) is 1. The molecule has 1 aliphatic heterocycles. The summed E-state index contributed by atoms with van der Waals surface area (Å²) in [5.41, 5.74) is 1.17. The number of benzene rings is 1. The molecule has 0 bridgehead atoms. The first-order chi connectivity index (χ1) is 10.5. The molecular formula is C16H27N3O2S. The van der Waals surface area contributed by atoms with E-state index in [0.717, 1.165) is 26.2 Å². The van der Waals surface area contributed by atoms with E-state index in [2.05, 4.69) is 33.7 Å². The molecule has 0 radical (unpaired) electrons. The summed E-state index contributed by atoms with van der Waals surface area (Å²) in [5.74, 6) is 0.192. The van der Waals surface area contributed by atoms with Gasteiger partial charge < -0.3 is 4.90 Å². The minimum Gasteiger partial charge on any atom is -0.304 e. The van der Waals surface area contributed by atoms with Gasteiger partial charge in [0.05, 0.1) is 5.75 Å². The van der Waals surface area contributed by atoms with Crippen LogP contribution in [0, 0.1) is 0 Å². The zero-order chi connectivity index (χ0) is 16.0. The van der Waals surface area contributed by atoms with Crippen LogP contribution >= 0.6 is 0 Å². The van der Waals surface area contributed by atoms with Gasteiger partial charge in [-0.2, -0.15) is 0 Å². The maximum atomic E-state index is 12.0. The van der Waals surface area contributed by atoms with Crippen LogP contribution in [-0.4, -0.2) is 63.7 Å². The standard InChI is InChI=1S/C16H27N3O2S/c1-3-13-22(20,21)17-14-16(15-7-5-4-6-8-15)19-11-9-18(2)10-12-19/h4-8,16-17H,3,9-14H2,1-2H3. The molecule has 2 rings (SSSR count). The van der Waals surface area contributed by atoms with Gasteiger partial charge in [-0.1, -0.05) is 37.3 Å². The van der Waals surface area contributed by atoms with Crippen molar-refractivity contribution in [1.82, 2.24) is 14.5 Å². The van der Waals surface area contributed by atoms with Crippen LogP contribution in [-0.2, 0) is 10.0 Å². The number of rotatable bonds is 7. The molecule has 124 valence electrons. The summed E-state index contributed by atoms with van der Waals surface area (Å²) in [4.78, 5) is 4.68. The van der Waals surface area contributed by atoms with Crippen LogP contribution < -0.4 is 4.72 Å². The van der Waals surface area contributed by atoms with E-state index >= 15 is 0 Å². The minimum absolute atomic E-state index is 0.0986. The van der Waals surface area contributed by atoms with E-state index < -0.39 is 10.0 Å². The Kier molecular flexibility index (Phi) is 6.37. The second-order valence-corrected chi connectivity index (χ2v) is 7.86. The molecule has 6 heteroatoms. The maximum Gasteiger partial charge on any atom is 0.211 e. The summed E-state index contributed by atoms with van der Waals surface area (Å²) >= 11 is 0. The highest BCUT2D eigenvalue weighted by Gasteiger charge is 2.25. The van der Waals surface area contributed by atoms with Crippen molar-refractivity contribution in [2.45, 2.75) is 19.4 Å². The molecule has 1 aliphatic rings. The predicted octanol–water partition coefficient (Wildman–Crippen LogP) is 1.30. The average Bonchev–Trinajstić information content (AvgIpc) is 2.50. The number of hydrogen-bond acceptors (Lipinski definition) is 4. The van der Waals surface area contributed by atoms with E-state index in [1.807, 2.05) is 25.1 Å². The molecule has 0 saturated carbocycles. The van der Waals surface area contributed by atoms with Crippen molar-refractivity contribution < 1.29 is 8.42 Å². The second kappa shape index (κ2) is 8.06. The fourth-order valence-corrected chi connectivity index (χ4v) is 3.91. The number of sulfonamides is 1. The zero-order valence-corrected chi connectivity index (χ0v) is 14.3. The van der Waals surface area contributed by atoms with Crippen molar-refractivity contribution in [2.75, 3.05) is 45.5 Å². The normalized spacial score (nSPS) is 19.2. The molecular weight excluding hydrogens is 298 g/mol. The topological polar surface area (TPSA) is 52.7 Å². The van der Waals surface area contributed by atoms with Crippen LogP contribution in [0.15, 0.2) is 30.3 Å². The van der Waals surface area contributed by atoms with Crippen molar-refractivity contribution in [1.29, 1.82) is 0 Å². The van der Waals surface area contributed by atoms with Gasteiger partial charge in [0.25, 0.3) is 0 Å². The van der Waals surface area contributed by atoms with Crippen molar-refractivity contribution >= 4 is 10.0 Å². The van der Waals surface area contributed by atoms with Gasteiger partial charge in [-0.3, -0.25) is 4.90 Å². The first kappa shape index (κ1) is 17.4. The number of nitrogens with one attached hydrogen (secondary N) is 1. The van der Waals surface area contributed by atoms with Crippen LogP contribution in [0.4, 0.5) is 0 Å². The van der Waals surface area contributed by atoms with E-state index in [9.17, 15) is 8.42 Å². The molecule has 0 spiro atoms. The molecule has 1 heterocycles. The lowest BCUT2D eigenvalue weighted by molar-refractivity contribution is 0.113. The lowest BCUT2D eigenvalue weighted by atomic mass is 10.0. The van der Waals surface area contributed by atoms with Crippen molar-refractivity contribution in [3.63, 3.8) is 0 Å². The van der Waals surface area contributed by atoms with Gasteiger partial charge in [0.15, 0.2) is 0 Å². The smallest absolute Gasteiger partial charge is 0.211 e. The van der Waals surface area contributed by atoms with Crippen molar-refractivity contribution in [3.05, 3.63) is 35.9 Å². The minimum atomic E-state index is -3.17. The van der Waals surface area contributed by atoms with E-state index in [1.54, 1.807) is 0 Å². The third-order valence-corrected chi connectivity index (χ3v) is 5.68. The van der Waals surface area contributed by atoms with Gasteiger partial charge in [-0.25, -0.2) is 13.1 Å². The molecule has 1 unspecified atom stereocenters. The molecule has 1 aromatic carbocycles. The highest BCUT2D eigenvalue weighted by atomic mass is 32.2.